The van der Waals surface area contributed by atoms with E-state index in [-0.39, 0.29) is 12.0 Å². The van der Waals surface area contributed by atoms with Crippen LogP contribution in [-0.2, 0) is 19.6 Å². The van der Waals surface area contributed by atoms with Gasteiger partial charge in [0.25, 0.3) is 0 Å². The Labute approximate surface area is 171 Å². The zero-order chi connectivity index (χ0) is 20.3. The minimum atomic E-state index is -4.15. The van der Waals surface area contributed by atoms with E-state index in [4.69, 9.17) is 4.74 Å². The molecule has 0 spiro atoms. The minimum Gasteiger partial charge on any atom is -0.370 e. The highest BCUT2D eigenvalue weighted by atomic mass is 79.9. The average Bonchev–Trinajstić information content (AvgIpc) is 2.68. The molecule has 1 aliphatic heterocycles. The molecule has 3 rings (SSSR count). The molecule has 1 N–H and O–H groups in total. The highest BCUT2D eigenvalue weighted by Gasteiger charge is 2.31. The summed E-state index contributed by atoms with van der Waals surface area (Å²) in [5, 5.41) is 0. The molecule has 1 aliphatic rings. The van der Waals surface area contributed by atoms with Gasteiger partial charge in [-0.1, -0.05) is 40.2 Å². The third-order valence-corrected chi connectivity index (χ3v) is 6.55. The van der Waals surface area contributed by atoms with Crippen molar-refractivity contribution in [3.05, 3.63) is 64.4 Å². The molecule has 1 heterocycles. The van der Waals surface area contributed by atoms with Gasteiger partial charge >= 0.3 is 0 Å². The lowest BCUT2D eigenvalue weighted by Gasteiger charge is -2.34. The maximum atomic E-state index is 13.8. The number of nitrogens with one attached hydrogen (secondary N) is 1. The van der Waals surface area contributed by atoms with E-state index in [9.17, 15) is 17.6 Å². The molecule has 0 aliphatic carbocycles. The standard InChI is InChI=1S/C19H20BrFN2O4S/c1-13(22-28(25,26)18-5-3-2-4-16(18)21)19(24)23-10-11-27-17(12-23)14-6-8-15(20)9-7-14/h2-9,13,17,22H,10-12H2,1H3/t13-,17?/m0/s1. The molecule has 1 fully saturated rings. The second-order valence-electron chi connectivity index (χ2n) is 6.47. The Morgan fingerprint density at radius 3 is 2.61 bits per heavy atom. The average molecular weight is 471 g/mol. The molecular weight excluding hydrogens is 451 g/mol. The number of hydrogen-bond acceptors (Lipinski definition) is 4. The van der Waals surface area contributed by atoms with Crippen LogP contribution in [0.2, 0.25) is 0 Å². The number of amides is 1. The minimum absolute atomic E-state index is 0.291. The Morgan fingerprint density at radius 1 is 1.25 bits per heavy atom. The first-order chi connectivity index (χ1) is 13.3. The Bertz CT molecular complexity index is 953. The number of carbonyl (C=O) groups is 1. The van der Waals surface area contributed by atoms with Crippen molar-refractivity contribution in [1.82, 2.24) is 9.62 Å². The van der Waals surface area contributed by atoms with E-state index in [1.165, 1.54) is 19.1 Å². The van der Waals surface area contributed by atoms with Crippen molar-refractivity contribution in [1.29, 1.82) is 0 Å². The molecule has 2 aromatic rings. The lowest BCUT2D eigenvalue weighted by atomic mass is 10.1. The van der Waals surface area contributed by atoms with Crippen molar-refractivity contribution in [3.63, 3.8) is 0 Å². The molecule has 1 amide bonds. The van der Waals surface area contributed by atoms with Gasteiger partial charge in [-0.2, -0.15) is 4.72 Å². The number of sulfonamides is 1. The second-order valence-corrected chi connectivity index (χ2v) is 9.07. The lowest BCUT2D eigenvalue weighted by Crippen LogP contribution is -2.51. The van der Waals surface area contributed by atoms with Gasteiger partial charge in [0.2, 0.25) is 15.9 Å². The topological polar surface area (TPSA) is 75.7 Å². The first-order valence-corrected chi connectivity index (χ1v) is 11.0. The van der Waals surface area contributed by atoms with E-state index >= 15 is 0 Å². The maximum Gasteiger partial charge on any atom is 0.244 e. The van der Waals surface area contributed by atoms with E-state index in [1.807, 2.05) is 24.3 Å². The van der Waals surface area contributed by atoms with Crippen LogP contribution in [-0.4, -0.2) is 45.0 Å². The van der Waals surface area contributed by atoms with Crippen LogP contribution in [0.1, 0.15) is 18.6 Å². The van der Waals surface area contributed by atoms with Gasteiger partial charge in [-0.15, -0.1) is 0 Å². The molecule has 2 atom stereocenters. The van der Waals surface area contributed by atoms with E-state index in [1.54, 1.807) is 4.90 Å². The van der Waals surface area contributed by atoms with Crippen LogP contribution in [0.15, 0.2) is 57.9 Å². The van der Waals surface area contributed by atoms with Gasteiger partial charge in [-0.25, -0.2) is 12.8 Å². The van der Waals surface area contributed by atoms with Gasteiger partial charge in [0.1, 0.15) is 16.8 Å². The summed E-state index contributed by atoms with van der Waals surface area (Å²) in [5.74, 6) is -1.25. The molecule has 6 nitrogen and oxygen atoms in total. The van der Waals surface area contributed by atoms with Gasteiger partial charge in [0.05, 0.1) is 19.2 Å². The van der Waals surface area contributed by atoms with Crippen molar-refractivity contribution in [2.24, 2.45) is 0 Å². The van der Waals surface area contributed by atoms with Crippen molar-refractivity contribution >= 4 is 31.9 Å². The van der Waals surface area contributed by atoms with E-state index < -0.39 is 26.8 Å². The molecule has 0 aromatic heterocycles. The van der Waals surface area contributed by atoms with Gasteiger partial charge in [-0.3, -0.25) is 4.79 Å². The quantitative estimate of drug-likeness (QED) is 0.728. The first kappa shape index (κ1) is 20.9. The normalized spacial score (nSPS) is 18.7. The number of ether oxygens (including phenoxy) is 1. The molecule has 0 saturated carbocycles. The van der Waals surface area contributed by atoms with Crippen molar-refractivity contribution in [2.75, 3.05) is 19.7 Å². The van der Waals surface area contributed by atoms with Gasteiger partial charge in [0.15, 0.2) is 0 Å². The first-order valence-electron chi connectivity index (χ1n) is 8.70. The fourth-order valence-electron chi connectivity index (χ4n) is 3.01. The predicted molar refractivity (Wildman–Crippen MR) is 106 cm³/mol. The number of nitrogens with zero attached hydrogens (tertiary/aromatic N) is 1. The monoisotopic (exact) mass is 470 g/mol. The summed E-state index contributed by atoms with van der Waals surface area (Å²) >= 11 is 3.38. The molecule has 9 heteroatoms. The number of hydrogen-bond donors (Lipinski definition) is 1. The van der Waals surface area contributed by atoms with E-state index in [0.29, 0.717) is 19.7 Å². The molecule has 28 heavy (non-hydrogen) atoms. The largest absolute Gasteiger partial charge is 0.370 e. The Hall–Kier alpha value is -1.81. The number of halogens is 2. The van der Waals surface area contributed by atoms with Crippen molar-refractivity contribution in [3.8, 4) is 0 Å². The predicted octanol–water partition coefficient (Wildman–Crippen LogP) is 2.86. The highest BCUT2D eigenvalue weighted by molar-refractivity contribution is 9.10. The van der Waals surface area contributed by atoms with Crippen LogP contribution < -0.4 is 4.72 Å². The summed E-state index contributed by atoms with van der Waals surface area (Å²) in [4.78, 5) is 13.8. The smallest absolute Gasteiger partial charge is 0.244 e. The van der Waals surface area contributed by atoms with E-state index in [2.05, 4.69) is 20.7 Å². The maximum absolute atomic E-state index is 13.8. The van der Waals surface area contributed by atoms with Crippen molar-refractivity contribution in [2.45, 2.75) is 24.0 Å². The fourth-order valence-corrected chi connectivity index (χ4v) is 4.55. The molecule has 1 unspecified atom stereocenters. The van der Waals surface area contributed by atoms with E-state index in [0.717, 1.165) is 22.2 Å². The van der Waals surface area contributed by atoms with Gasteiger partial charge < -0.3 is 9.64 Å². The van der Waals surface area contributed by atoms with Gasteiger partial charge in [-0.05, 0) is 36.8 Å². The van der Waals surface area contributed by atoms with Gasteiger partial charge in [0, 0.05) is 11.0 Å². The summed E-state index contributed by atoms with van der Waals surface area (Å²) in [6, 6.07) is 11.6. The third-order valence-electron chi connectivity index (χ3n) is 4.45. The lowest BCUT2D eigenvalue weighted by molar-refractivity contribution is -0.140. The summed E-state index contributed by atoms with van der Waals surface area (Å²) in [6.45, 7) is 2.47. The zero-order valence-corrected chi connectivity index (χ0v) is 17.5. The molecule has 150 valence electrons. The number of morpholine rings is 1. The van der Waals surface area contributed by atoms with Crippen LogP contribution in [0.4, 0.5) is 4.39 Å². The molecule has 2 aromatic carbocycles. The highest BCUT2D eigenvalue weighted by Crippen LogP contribution is 2.24. The van der Waals surface area contributed by atoms with Crippen LogP contribution in [0.25, 0.3) is 0 Å². The number of carbonyl (C=O) groups excluding carboxylic acids is 1. The molecule has 0 radical (unpaired) electrons. The van der Waals surface area contributed by atoms with Crippen LogP contribution in [0.3, 0.4) is 0 Å². The van der Waals surface area contributed by atoms with Crippen LogP contribution >= 0.6 is 15.9 Å². The Balaban J connectivity index is 1.69. The Kier molecular flexibility index (Phi) is 6.49. The zero-order valence-electron chi connectivity index (χ0n) is 15.1. The SMILES string of the molecule is C[C@H](NS(=O)(=O)c1ccccc1F)C(=O)N1CCOC(c2ccc(Br)cc2)C1. The Morgan fingerprint density at radius 2 is 1.93 bits per heavy atom. The third kappa shape index (κ3) is 4.78. The van der Waals surface area contributed by atoms with Crippen LogP contribution in [0.5, 0.6) is 0 Å². The molecule has 0 bridgehead atoms. The van der Waals surface area contributed by atoms with Crippen molar-refractivity contribution < 1.29 is 22.3 Å². The summed E-state index contributed by atoms with van der Waals surface area (Å²) in [6.07, 6.45) is -0.291. The summed E-state index contributed by atoms with van der Waals surface area (Å²) < 4.78 is 47.6. The summed E-state index contributed by atoms with van der Waals surface area (Å²) in [5.41, 5.74) is 0.931. The molecule has 1 saturated heterocycles. The fraction of sp³-hybridized carbons (Fsp3) is 0.316. The second kappa shape index (κ2) is 8.69. The molecular formula is C19H20BrFN2O4S. The number of rotatable bonds is 5. The summed E-state index contributed by atoms with van der Waals surface area (Å²) in [7, 11) is -4.15. The number of benzene rings is 2. The van der Waals surface area contributed by atoms with Crippen LogP contribution in [0, 0.1) is 5.82 Å².